The molecule has 1 amide bonds. The van der Waals surface area contributed by atoms with Crippen molar-refractivity contribution in [1.82, 2.24) is 24.8 Å². The van der Waals surface area contributed by atoms with Crippen molar-refractivity contribution < 1.29 is 4.79 Å². The predicted octanol–water partition coefficient (Wildman–Crippen LogP) is 3.90. The third-order valence-corrected chi connectivity index (χ3v) is 5.92. The molecule has 0 spiro atoms. The average Bonchev–Trinajstić information content (AvgIpc) is 3.28. The molecule has 3 aromatic rings. The van der Waals surface area contributed by atoms with Crippen LogP contribution >= 0.6 is 0 Å². The fourth-order valence-electron chi connectivity index (χ4n) is 4.04. The molecular weight excluding hydrogens is 438 g/mol. The molecule has 0 bridgehead atoms. The van der Waals surface area contributed by atoms with E-state index in [0.29, 0.717) is 12.5 Å². The Labute approximate surface area is 207 Å². The van der Waals surface area contributed by atoms with Crippen LogP contribution in [0.15, 0.2) is 54.8 Å². The predicted molar refractivity (Wildman–Crippen MR) is 143 cm³/mol. The lowest BCUT2D eigenvalue weighted by Gasteiger charge is -2.16. The molecular formula is C27H35N7O. The molecule has 4 rings (SSSR count). The largest absolute Gasteiger partial charge is 0.366 e. The molecule has 8 heteroatoms. The first-order valence-electron chi connectivity index (χ1n) is 12.1. The van der Waals surface area contributed by atoms with Crippen molar-refractivity contribution in [3.05, 3.63) is 71.6 Å². The van der Waals surface area contributed by atoms with Gasteiger partial charge in [0.2, 0.25) is 5.91 Å². The van der Waals surface area contributed by atoms with Crippen LogP contribution in [-0.2, 0) is 11.3 Å². The van der Waals surface area contributed by atoms with Crippen molar-refractivity contribution in [2.24, 2.45) is 0 Å². The van der Waals surface area contributed by atoms with Crippen LogP contribution < -0.4 is 16.0 Å². The van der Waals surface area contributed by atoms with Gasteiger partial charge >= 0.3 is 0 Å². The minimum absolute atomic E-state index is 0.134. The van der Waals surface area contributed by atoms with E-state index >= 15 is 0 Å². The van der Waals surface area contributed by atoms with Crippen LogP contribution in [0.5, 0.6) is 0 Å². The third kappa shape index (κ3) is 6.35. The topological polar surface area (TPSA) is 86.6 Å². The fourth-order valence-corrected chi connectivity index (χ4v) is 4.04. The zero-order chi connectivity index (χ0) is 24.8. The van der Waals surface area contributed by atoms with Crippen molar-refractivity contribution in [3.8, 4) is 0 Å². The van der Waals surface area contributed by atoms with Crippen LogP contribution in [0.25, 0.3) is 11.2 Å². The number of likely N-dealkylation sites (N-methyl/N-ethyl adjacent to an activating group) is 1. The Kier molecular flexibility index (Phi) is 7.94. The highest BCUT2D eigenvalue weighted by molar-refractivity contribution is 5.99. The summed E-state index contributed by atoms with van der Waals surface area (Å²) >= 11 is 0. The third-order valence-electron chi connectivity index (χ3n) is 5.92. The van der Waals surface area contributed by atoms with Crippen LogP contribution in [0.4, 0.5) is 11.5 Å². The molecule has 0 unspecified atom stereocenters. The summed E-state index contributed by atoms with van der Waals surface area (Å²) in [4.78, 5) is 19.2. The number of nitrogens with one attached hydrogen (secondary N) is 3. The molecule has 3 N–H and O–H groups in total. The second-order valence-corrected chi connectivity index (χ2v) is 9.41. The zero-order valence-corrected chi connectivity index (χ0v) is 21.0. The summed E-state index contributed by atoms with van der Waals surface area (Å²) in [5, 5.41) is 14.5. The average molecular weight is 474 g/mol. The molecule has 1 aliphatic heterocycles. The fraction of sp³-hybridized carbons (Fsp3) is 0.370. The van der Waals surface area contributed by atoms with Crippen molar-refractivity contribution in [1.29, 1.82) is 0 Å². The van der Waals surface area contributed by atoms with Gasteiger partial charge in [-0.15, -0.1) is 0 Å². The first kappa shape index (κ1) is 24.6. The van der Waals surface area contributed by atoms with Crippen LogP contribution in [0, 0.1) is 0 Å². The maximum atomic E-state index is 12.2. The zero-order valence-electron chi connectivity index (χ0n) is 21.0. The lowest BCUT2D eigenvalue weighted by Crippen LogP contribution is -2.20. The van der Waals surface area contributed by atoms with E-state index in [1.165, 1.54) is 5.57 Å². The highest BCUT2D eigenvalue weighted by atomic mass is 16.1. The lowest BCUT2D eigenvalue weighted by molar-refractivity contribution is -0.111. The van der Waals surface area contributed by atoms with Gasteiger partial charge in [0.15, 0.2) is 5.65 Å². The molecule has 3 heterocycles. The molecule has 0 atom stereocenters. The molecule has 0 fully saturated rings. The summed E-state index contributed by atoms with van der Waals surface area (Å²) in [6, 6.07) is 9.97. The maximum absolute atomic E-state index is 12.2. The van der Waals surface area contributed by atoms with Gasteiger partial charge in [-0.3, -0.25) is 4.79 Å². The Morgan fingerprint density at radius 1 is 1.29 bits per heavy atom. The molecule has 35 heavy (non-hydrogen) atoms. The van der Waals surface area contributed by atoms with Gasteiger partial charge in [-0.2, -0.15) is 9.61 Å². The monoisotopic (exact) mass is 473 g/mol. The Morgan fingerprint density at radius 3 is 2.89 bits per heavy atom. The van der Waals surface area contributed by atoms with Gasteiger partial charge in [0.25, 0.3) is 0 Å². The van der Waals surface area contributed by atoms with Crippen molar-refractivity contribution in [3.63, 3.8) is 0 Å². The number of carbonyl (C=O) groups is 1. The van der Waals surface area contributed by atoms with Crippen molar-refractivity contribution in [2.75, 3.05) is 44.4 Å². The highest BCUT2D eigenvalue weighted by Gasteiger charge is 2.16. The molecule has 184 valence electrons. The van der Waals surface area contributed by atoms with Gasteiger partial charge in [-0.05, 0) is 56.2 Å². The molecule has 1 aromatic carbocycles. The molecule has 0 radical (unpaired) electrons. The van der Waals surface area contributed by atoms with Gasteiger partial charge in [0.1, 0.15) is 5.82 Å². The minimum atomic E-state index is -0.134. The molecule has 0 aliphatic carbocycles. The lowest BCUT2D eigenvalue weighted by atomic mass is 10.0. The van der Waals surface area contributed by atoms with Gasteiger partial charge in [0, 0.05) is 43.0 Å². The van der Waals surface area contributed by atoms with E-state index in [0.717, 1.165) is 60.0 Å². The molecule has 0 saturated heterocycles. The van der Waals surface area contributed by atoms with Crippen LogP contribution in [0.2, 0.25) is 0 Å². The quantitative estimate of drug-likeness (QED) is 0.409. The summed E-state index contributed by atoms with van der Waals surface area (Å²) in [6.45, 7) is 7.47. The van der Waals surface area contributed by atoms with Crippen molar-refractivity contribution in [2.45, 2.75) is 32.7 Å². The summed E-state index contributed by atoms with van der Waals surface area (Å²) < 4.78 is 1.89. The Morgan fingerprint density at radius 2 is 2.14 bits per heavy atom. The number of amides is 1. The number of rotatable bonds is 9. The minimum Gasteiger partial charge on any atom is -0.366 e. The van der Waals surface area contributed by atoms with E-state index in [-0.39, 0.29) is 5.91 Å². The van der Waals surface area contributed by atoms with E-state index < -0.39 is 0 Å². The Hall–Kier alpha value is -3.49. The van der Waals surface area contributed by atoms with Crippen molar-refractivity contribution >= 4 is 28.6 Å². The normalized spacial score (nSPS) is 14.2. The number of benzene rings is 1. The molecule has 1 aliphatic rings. The van der Waals surface area contributed by atoms with E-state index in [4.69, 9.17) is 4.98 Å². The van der Waals surface area contributed by atoms with Gasteiger partial charge < -0.3 is 20.9 Å². The first-order chi connectivity index (χ1) is 16.9. The summed E-state index contributed by atoms with van der Waals surface area (Å²) in [7, 11) is 3.93. The van der Waals surface area contributed by atoms with E-state index in [9.17, 15) is 4.79 Å². The van der Waals surface area contributed by atoms with Crippen LogP contribution in [0.1, 0.15) is 43.0 Å². The van der Waals surface area contributed by atoms with Gasteiger partial charge in [-0.25, -0.2) is 4.98 Å². The highest BCUT2D eigenvalue weighted by Crippen LogP contribution is 2.27. The van der Waals surface area contributed by atoms with Crippen LogP contribution in [0.3, 0.4) is 0 Å². The number of aromatic nitrogens is 3. The van der Waals surface area contributed by atoms with E-state index in [1.54, 1.807) is 6.08 Å². The molecule has 0 saturated carbocycles. The summed E-state index contributed by atoms with van der Waals surface area (Å²) in [5.74, 6) is 1.10. The van der Waals surface area contributed by atoms with Gasteiger partial charge in [0.05, 0.1) is 11.9 Å². The van der Waals surface area contributed by atoms with Crippen LogP contribution in [-0.4, -0.2) is 59.1 Å². The van der Waals surface area contributed by atoms with E-state index in [2.05, 4.69) is 47.0 Å². The summed E-state index contributed by atoms with van der Waals surface area (Å²) in [5.41, 5.74) is 6.11. The summed E-state index contributed by atoms with van der Waals surface area (Å²) in [6.07, 6.45) is 8.51. The van der Waals surface area contributed by atoms with Gasteiger partial charge in [-0.1, -0.05) is 38.1 Å². The number of carbonyl (C=O) groups excluding carboxylic acids is 1. The molecule has 2 aromatic heterocycles. The standard InChI is InChI=1S/C27H35N7O/c1-19(2)23-18-30-34-25(16-24(32-27(23)34)21-10-12-28-13-11-21)29-17-20-7-5-8-22(15-20)31-26(35)9-6-14-33(3)4/h5-10,15-16,18-19,28-29H,11-14,17H2,1-4H3,(H,31,35)/b9-6+. The second-order valence-electron chi connectivity index (χ2n) is 9.41. The molecule has 8 nitrogen and oxygen atoms in total. The second kappa shape index (κ2) is 11.3. The smallest absolute Gasteiger partial charge is 0.248 e. The number of hydrogen-bond donors (Lipinski definition) is 3. The van der Waals surface area contributed by atoms with E-state index in [1.807, 2.05) is 60.0 Å². The SMILES string of the molecule is CC(C)c1cnn2c(NCc3cccc(NC(=O)/C=C/CN(C)C)c3)cc(C3=CCNCC3)nc12. The number of nitrogens with zero attached hydrogens (tertiary/aromatic N) is 4. The Balaban J connectivity index is 1.54. The number of fused-ring (bicyclic) bond motifs is 1. The first-order valence-corrected chi connectivity index (χ1v) is 12.1. The number of hydrogen-bond acceptors (Lipinski definition) is 6. The maximum Gasteiger partial charge on any atom is 0.248 e. The number of anilines is 2. The Bertz CT molecular complexity index is 1240.